The quantitative estimate of drug-likeness (QED) is 0.638. The van der Waals surface area contributed by atoms with E-state index >= 15 is 0 Å². The van der Waals surface area contributed by atoms with E-state index in [0.717, 1.165) is 6.42 Å². The van der Waals surface area contributed by atoms with Crippen LogP contribution in [0.1, 0.15) is 48.8 Å². The minimum Gasteiger partial charge on any atom is -0.0809 e. The third-order valence-electron chi connectivity index (χ3n) is 2.82. The zero-order valence-corrected chi connectivity index (χ0v) is 9.93. The summed E-state index contributed by atoms with van der Waals surface area (Å²) < 4.78 is 0. The molecule has 0 amide bonds. The van der Waals surface area contributed by atoms with E-state index in [1.54, 1.807) is 0 Å². The van der Waals surface area contributed by atoms with Gasteiger partial charge in [0.25, 0.3) is 0 Å². The van der Waals surface area contributed by atoms with E-state index < -0.39 is 0 Å². The fraction of sp³-hybridized carbons (Fsp3) is 0.467. The van der Waals surface area contributed by atoms with Crippen LogP contribution in [0.15, 0.2) is 18.2 Å². The first kappa shape index (κ1) is 11.9. The molecule has 1 aromatic rings. The predicted octanol–water partition coefficient (Wildman–Crippen LogP) is 4.17. The summed E-state index contributed by atoms with van der Waals surface area (Å²) in [5.41, 5.74) is 3.84. The summed E-state index contributed by atoms with van der Waals surface area (Å²) in [6, 6.07) is 6.46. The summed E-state index contributed by atoms with van der Waals surface area (Å²) in [5, 5.41) is 0. The number of aryl methyl sites for hydroxylation is 2. The zero-order valence-electron chi connectivity index (χ0n) is 9.93. The minimum absolute atomic E-state index is 0.186. The second-order valence-electron chi connectivity index (χ2n) is 4.20. The average molecular weight is 199 g/mol. The molecule has 1 radical (unpaired) electrons. The Balaban J connectivity index is 2.88. The molecule has 0 saturated heterocycles. The number of benzene rings is 1. The molecule has 0 N–H and O–H groups in total. The van der Waals surface area contributed by atoms with Gasteiger partial charge in [0, 0.05) is 5.92 Å². The SMILES string of the molecule is [C]#CC(CCCC)c1ccc(C)cc1C. The monoisotopic (exact) mass is 199 g/mol. The highest BCUT2D eigenvalue weighted by atomic mass is 14.1. The van der Waals surface area contributed by atoms with Crippen molar-refractivity contribution in [2.45, 2.75) is 46.0 Å². The Morgan fingerprint density at radius 2 is 2.07 bits per heavy atom. The highest BCUT2D eigenvalue weighted by Crippen LogP contribution is 2.25. The van der Waals surface area contributed by atoms with Gasteiger partial charge in [-0.15, -0.1) is 0 Å². The molecular formula is C15H19. The van der Waals surface area contributed by atoms with E-state index in [9.17, 15) is 0 Å². The molecule has 0 heteroatoms. The van der Waals surface area contributed by atoms with E-state index in [1.165, 1.54) is 29.5 Å². The van der Waals surface area contributed by atoms with Crippen LogP contribution in [-0.4, -0.2) is 0 Å². The summed E-state index contributed by atoms with van der Waals surface area (Å²) in [6.07, 6.45) is 10.8. The van der Waals surface area contributed by atoms with Gasteiger partial charge in [-0.05, 0) is 37.8 Å². The molecule has 0 saturated carbocycles. The van der Waals surface area contributed by atoms with E-state index in [1.807, 2.05) is 0 Å². The normalized spacial score (nSPS) is 12.1. The molecule has 0 bridgehead atoms. The van der Waals surface area contributed by atoms with Crippen molar-refractivity contribution in [3.8, 4) is 5.92 Å². The molecule has 1 unspecified atom stereocenters. The number of unbranched alkanes of at least 4 members (excludes halogenated alkanes) is 1. The highest BCUT2D eigenvalue weighted by molar-refractivity contribution is 5.36. The molecule has 0 aliphatic heterocycles. The van der Waals surface area contributed by atoms with Crippen molar-refractivity contribution in [3.63, 3.8) is 0 Å². The lowest BCUT2D eigenvalue weighted by Crippen LogP contribution is -1.99. The third kappa shape index (κ3) is 3.13. The Morgan fingerprint density at radius 3 is 2.60 bits per heavy atom. The van der Waals surface area contributed by atoms with Gasteiger partial charge in [-0.3, -0.25) is 0 Å². The van der Waals surface area contributed by atoms with Crippen molar-refractivity contribution in [3.05, 3.63) is 41.3 Å². The van der Waals surface area contributed by atoms with Gasteiger partial charge in [-0.2, -0.15) is 0 Å². The van der Waals surface area contributed by atoms with Gasteiger partial charge in [-0.1, -0.05) is 49.4 Å². The van der Waals surface area contributed by atoms with E-state index in [-0.39, 0.29) is 5.92 Å². The summed E-state index contributed by atoms with van der Waals surface area (Å²) in [6.45, 7) is 6.41. The van der Waals surface area contributed by atoms with Crippen LogP contribution in [-0.2, 0) is 0 Å². The minimum atomic E-state index is 0.186. The average Bonchev–Trinajstić information content (AvgIpc) is 2.21. The van der Waals surface area contributed by atoms with Crippen molar-refractivity contribution in [2.75, 3.05) is 0 Å². The Kier molecular flexibility index (Phi) is 4.43. The number of hydrogen-bond acceptors (Lipinski definition) is 0. The molecule has 1 atom stereocenters. The topological polar surface area (TPSA) is 0 Å². The van der Waals surface area contributed by atoms with Gasteiger partial charge in [0.1, 0.15) is 0 Å². The van der Waals surface area contributed by atoms with E-state index in [0.29, 0.717) is 0 Å². The van der Waals surface area contributed by atoms with E-state index in [2.05, 4.69) is 44.9 Å². The lowest BCUT2D eigenvalue weighted by molar-refractivity contribution is 0.673. The van der Waals surface area contributed by atoms with Crippen LogP contribution in [0, 0.1) is 26.2 Å². The van der Waals surface area contributed by atoms with Gasteiger partial charge in [0.05, 0.1) is 0 Å². The van der Waals surface area contributed by atoms with Crippen molar-refractivity contribution in [2.24, 2.45) is 0 Å². The first-order valence-corrected chi connectivity index (χ1v) is 5.68. The van der Waals surface area contributed by atoms with Crippen LogP contribution in [0.2, 0.25) is 0 Å². The molecular weight excluding hydrogens is 180 g/mol. The smallest absolute Gasteiger partial charge is 0.0465 e. The van der Waals surface area contributed by atoms with Gasteiger partial charge >= 0.3 is 0 Å². The van der Waals surface area contributed by atoms with Crippen LogP contribution in [0.25, 0.3) is 0 Å². The molecule has 0 spiro atoms. The van der Waals surface area contributed by atoms with Crippen molar-refractivity contribution in [1.29, 1.82) is 0 Å². The molecule has 15 heavy (non-hydrogen) atoms. The lowest BCUT2D eigenvalue weighted by Gasteiger charge is -2.13. The van der Waals surface area contributed by atoms with E-state index in [4.69, 9.17) is 6.42 Å². The fourth-order valence-corrected chi connectivity index (χ4v) is 1.93. The van der Waals surface area contributed by atoms with Crippen LogP contribution in [0.5, 0.6) is 0 Å². The molecule has 1 rings (SSSR count). The predicted molar refractivity (Wildman–Crippen MR) is 65.3 cm³/mol. The van der Waals surface area contributed by atoms with Crippen molar-refractivity contribution >= 4 is 0 Å². The second kappa shape index (κ2) is 5.61. The molecule has 0 aromatic heterocycles. The second-order valence-corrected chi connectivity index (χ2v) is 4.20. The molecule has 79 valence electrons. The molecule has 1 aromatic carbocycles. The molecule has 0 heterocycles. The lowest BCUT2D eigenvalue weighted by atomic mass is 9.90. The summed E-state index contributed by atoms with van der Waals surface area (Å²) >= 11 is 0. The summed E-state index contributed by atoms with van der Waals surface area (Å²) in [7, 11) is 0. The van der Waals surface area contributed by atoms with Gasteiger partial charge < -0.3 is 0 Å². The molecule has 0 fully saturated rings. The maximum atomic E-state index is 7.38. The van der Waals surface area contributed by atoms with Crippen LogP contribution >= 0.6 is 0 Å². The molecule has 0 aliphatic carbocycles. The fourth-order valence-electron chi connectivity index (χ4n) is 1.93. The van der Waals surface area contributed by atoms with Crippen molar-refractivity contribution in [1.82, 2.24) is 0 Å². The third-order valence-corrected chi connectivity index (χ3v) is 2.82. The number of hydrogen-bond donors (Lipinski definition) is 0. The Labute approximate surface area is 93.7 Å². The highest BCUT2D eigenvalue weighted by Gasteiger charge is 2.10. The van der Waals surface area contributed by atoms with Crippen LogP contribution < -0.4 is 0 Å². The van der Waals surface area contributed by atoms with Gasteiger partial charge in [0.15, 0.2) is 0 Å². The van der Waals surface area contributed by atoms with Crippen LogP contribution in [0.4, 0.5) is 0 Å². The first-order chi connectivity index (χ1) is 7.19. The number of rotatable bonds is 4. The zero-order chi connectivity index (χ0) is 11.3. The summed E-state index contributed by atoms with van der Waals surface area (Å²) in [5.74, 6) is 2.85. The Morgan fingerprint density at radius 1 is 1.33 bits per heavy atom. The molecule has 0 aliphatic rings. The molecule has 0 nitrogen and oxygen atoms in total. The summed E-state index contributed by atoms with van der Waals surface area (Å²) in [4.78, 5) is 0. The first-order valence-electron chi connectivity index (χ1n) is 5.68. The Hall–Kier alpha value is -1.22. The largest absolute Gasteiger partial charge is 0.0809 e. The van der Waals surface area contributed by atoms with Gasteiger partial charge in [-0.25, -0.2) is 0 Å². The maximum absolute atomic E-state index is 7.38. The Bertz CT molecular complexity index is 355. The van der Waals surface area contributed by atoms with Crippen molar-refractivity contribution < 1.29 is 0 Å². The van der Waals surface area contributed by atoms with Gasteiger partial charge in [0.2, 0.25) is 0 Å². The standard InChI is InChI=1S/C15H19/c1-5-7-8-14(6-2)15-10-9-12(3)11-13(15)4/h9-11,14H,5,7-8H2,1,3-4H3. The maximum Gasteiger partial charge on any atom is 0.0465 e. The van der Waals surface area contributed by atoms with Crippen LogP contribution in [0.3, 0.4) is 0 Å².